The van der Waals surface area contributed by atoms with E-state index in [0.29, 0.717) is 33.1 Å². The van der Waals surface area contributed by atoms with Crippen LogP contribution in [-0.4, -0.2) is 66.7 Å². The summed E-state index contributed by atoms with van der Waals surface area (Å²) in [5.41, 5.74) is 1.67. The van der Waals surface area contributed by atoms with Gasteiger partial charge in [0.05, 0.1) is 34.4 Å². The SMILES string of the molecule is CCS(=O)(=O)c1ccc(Cl)cc1Cn1cnc2cc(CN3CCN(C)CC3)c(Cl)cc2c1=O. The summed E-state index contributed by atoms with van der Waals surface area (Å²) in [7, 11) is -1.36. The highest BCUT2D eigenvalue weighted by atomic mass is 35.5. The first-order valence-electron chi connectivity index (χ1n) is 10.8. The lowest BCUT2D eigenvalue weighted by molar-refractivity contribution is 0.148. The molecule has 3 aromatic rings. The summed E-state index contributed by atoms with van der Waals surface area (Å²) in [6.07, 6.45) is 1.45. The maximum atomic E-state index is 13.2. The maximum Gasteiger partial charge on any atom is 0.261 e. The van der Waals surface area contributed by atoms with Gasteiger partial charge < -0.3 is 4.90 Å². The minimum Gasteiger partial charge on any atom is -0.304 e. The highest BCUT2D eigenvalue weighted by Gasteiger charge is 2.19. The number of hydrogen-bond acceptors (Lipinski definition) is 6. The third-order valence-electron chi connectivity index (χ3n) is 6.06. The number of rotatable bonds is 6. The van der Waals surface area contributed by atoms with Crippen LogP contribution in [0, 0.1) is 0 Å². The number of hydrogen-bond donors (Lipinski definition) is 0. The van der Waals surface area contributed by atoms with Gasteiger partial charge in [0, 0.05) is 42.8 Å². The quantitative estimate of drug-likeness (QED) is 0.508. The Kier molecular flexibility index (Phi) is 7.12. The van der Waals surface area contributed by atoms with Gasteiger partial charge in [0.2, 0.25) is 0 Å². The van der Waals surface area contributed by atoms with Crippen molar-refractivity contribution in [3.8, 4) is 0 Å². The van der Waals surface area contributed by atoms with Gasteiger partial charge in [0.15, 0.2) is 9.84 Å². The molecule has 1 fully saturated rings. The molecule has 1 aliphatic rings. The summed E-state index contributed by atoms with van der Waals surface area (Å²) in [6, 6.07) is 8.13. The number of fused-ring (bicyclic) bond motifs is 1. The standard InChI is InChI=1S/C23H26Cl2N4O3S/c1-3-33(31,32)22-5-4-18(24)10-17(22)14-29-15-26-21-11-16(20(25)12-19(21)23(29)30)13-28-8-6-27(2)7-9-28/h4-5,10-12,15H,3,6-9,13-14H2,1-2H3. The number of benzene rings is 2. The zero-order valence-electron chi connectivity index (χ0n) is 18.6. The van der Waals surface area contributed by atoms with Gasteiger partial charge in [-0.2, -0.15) is 0 Å². The van der Waals surface area contributed by atoms with E-state index in [1.165, 1.54) is 23.0 Å². The Morgan fingerprint density at radius 1 is 1.00 bits per heavy atom. The smallest absolute Gasteiger partial charge is 0.261 e. The maximum absolute atomic E-state index is 13.2. The van der Waals surface area contributed by atoms with Crippen LogP contribution in [0.25, 0.3) is 10.9 Å². The molecular weight excluding hydrogens is 483 g/mol. The largest absolute Gasteiger partial charge is 0.304 e. The lowest BCUT2D eigenvalue weighted by Gasteiger charge is -2.32. The van der Waals surface area contributed by atoms with E-state index in [2.05, 4.69) is 21.8 Å². The molecule has 2 aromatic carbocycles. The van der Waals surface area contributed by atoms with Crippen LogP contribution < -0.4 is 5.56 Å². The van der Waals surface area contributed by atoms with Crippen molar-refractivity contribution < 1.29 is 8.42 Å². The topological polar surface area (TPSA) is 75.5 Å². The fourth-order valence-electron chi connectivity index (χ4n) is 4.02. The van der Waals surface area contributed by atoms with Gasteiger partial charge in [-0.3, -0.25) is 14.3 Å². The van der Waals surface area contributed by atoms with Crippen molar-refractivity contribution in [2.24, 2.45) is 0 Å². The summed E-state index contributed by atoms with van der Waals surface area (Å²) in [6.45, 7) is 6.26. The summed E-state index contributed by atoms with van der Waals surface area (Å²) in [4.78, 5) is 22.5. The fourth-order valence-corrected chi connectivity index (χ4v) is 5.54. The first-order chi connectivity index (χ1) is 15.7. The highest BCUT2D eigenvalue weighted by Crippen LogP contribution is 2.25. The average molecular weight is 509 g/mol. The van der Waals surface area contributed by atoms with Crippen molar-refractivity contribution in [1.82, 2.24) is 19.4 Å². The summed E-state index contributed by atoms with van der Waals surface area (Å²) in [5.74, 6) is -0.0435. The second-order valence-electron chi connectivity index (χ2n) is 8.37. The van der Waals surface area contributed by atoms with Gasteiger partial charge in [-0.1, -0.05) is 30.1 Å². The molecular formula is C23H26Cl2N4O3S. The zero-order chi connectivity index (χ0) is 23.8. The molecule has 1 aromatic heterocycles. The van der Waals surface area contributed by atoms with E-state index in [4.69, 9.17) is 23.2 Å². The summed E-state index contributed by atoms with van der Waals surface area (Å²) < 4.78 is 26.4. The van der Waals surface area contributed by atoms with E-state index in [1.54, 1.807) is 19.1 Å². The fraction of sp³-hybridized carbons (Fsp3) is 0.391. The van der Waals surface area contributed by atoms with Crippen molar-refractivity contribution in [1.29, 1.82) is 0 Å². The van der Waals surface area contributed by atoms with Crippen LogP contribution in [0.2, 0.25) is 10.0 Å². The van der Waals surface area contributed by atoms with Crippen molar-refractivity contribution in [2.45, 2.75) is 24.9 Å². The van der Waals surface area contributed by atoms with Gasteiger partial charge in [-0.25, -0.2) is 13.4 Å². The molecule has 0 spiro atoms. The molecule has 0 amide bonds. The molecule has 1 saturated heterocycles. The molecule has 0 N–H and O–H groups in total. The van der Waals surface area contributed by atoms with Crippen molar-refractivity contribution in [3.63, 3.8) is 0 Å². The van der Waals surface area contributed by atoms with Crippen molar-refractivity contribution in [3.05, 3.63) is 68.2 Å². The molecule has 0 aliphatic carbocycles. The number of halogens is 2. The molecule has 7 nitrogen and oxygen atoms in total. The van der Waals surface area contributed by atoms with Crippen LogP contribution in [0.3, 0.4) is 0 Å². The molecule has 0 saturated carbocycles. The van der Waals surface area contributed by atoms with Crippen LogP contribution in [0.5, 0.6) is 0 Å². The Morgan fingerprint density at radius 2 is 1.73 bits per heavy atom. The predicted octanol–water partition coefficient (Wildman–Crippen LogP) is 3.29. The number of aromatic nitrogens is 2. The van der Waals surface area contributed by atoms with E-state index in [0.717, 1.165) is 31.7 Å². The van der Waals surface area contributed by atoms with E-state index >= 15 is 0 Å². The first kappa shape index (κ1) is 24.2. The number of piperazine rings is 1. The third-order valence-corrected chi connectivity index (χ3v) is 8.48. The Bertz CT molecular complexity index is 1350. The molecule has 33 heavy (non-hydrogen) atoms. The molecule has 1 aliphatic heterocycles. The summed E-state index contributed by atoms with van der Waals surface area (Å²) in [5, 5.41) is 1.32. The van der Waals surface area contributed by atoms with E-state index in [-0.39, 0.29) is 22.8 Å². The first-order valence-corrected chi connectivity index (χ1v) is 13.2. The molecule has 4 rings (SSSR count). The Morgan fingerprint density at radius 3 is 2.42 bits per heavy atom. The zero-order valence-corrected chi connectivity index (χ0v) is 20.9. The monoisotopic (exact) mass is 508 g/mol. The second-order valence-corrected chi connectivity index (χ2v) is 11.5. The highest BCUT2D eigenvalue weighted by molar-refractivity contribution is 7.91. The van der Waals surface area contributed by atoms with Gasteiger partial charge in [-0.15, -0.1) is 0 Å². The van der Waals surface area contributed by atoms with Crippen LogP contribution in [0.4, 0.5) is 0 Å². The molecule has 10 heteroatoms. The van der Waals surface area contributed by atoms with Crippen LogP contribution in [0.15, 0.2) is 46.3 Å². The minimum atomic E-state index is -3.47. The molecule has 0 radical (unpaired) electrons. The average Bonchev–Trinajstić information content (AvgIpc) is 2.78. The van der Waals surface area contributed by atoms with Gasteiger partial charge in [0.25, 0.3) is 5.56 Å². The van der Waals surface area contributed by atoms with E-state index in [9.17, 15) is 13.2 Å². The van der Waals surface area contributed by atoms with E-state index in [1.807, 2.05) is 6.07 Å². The van der Waals surface area contributed by atoms with Crippen LogP contribution in [0.1, 0.15) is 18.1 Å². The summed E-state index contributed by atoms with van der Waals surface area (Å²) >= 11 is 12.7. The number of likely N-dealkylation sites (N-methyl/N-ethyl adjacent to an activating group) is 1. The molecule has 0 bridgehead atoms. The van der Waals surface area contributed by atoms with Gasteiger partial charge in [-0.05, 0) is 48.5 Å². The Balaban J connectivity index is 1.67. The predicted molar refractivity (Wildman–Crippen MR) is 132 cm³/mol. The molecule has 176 valence electrons. The molecule has 2 heterocycles. The lowest BCUT2D eigenvalue weighted by Crippen LogP contribution is -2.43. The van der Waals surface area contributed by atoms with Crippen molar-refractivity contribution >= 4 is 43.9 Å². The Labute approximate surface area is 203 Å². The molecule has 0 atom stereocenters. The van der Waals surface area contributed by atoms with Crippen molar-refractivity contribution in [2.75, 3.05) is 39.0 Å². The van der Waals surface area contributed by atoms with Crippen LogP contribution >= 0.6 is 23.2 Å². The number of nitrogens with zero attached hydrogens (tertiary/aromatic N) is 4. The lowest BCUT2D eigenvalue weighted by atomic mass is 10.1. The minimum absolute atomic E-state index is 0.0392. The van der Waals surface area contributed by atoms with Crippen LogP contribution in [-0.2, 0) is 22.9 Å². The van der Waals surface area contributed by atoms with Gasteiger partial charge in [0.1, 0.15) is 0 Å². The normalized spacial score (nSPS) is 15.9. The van der Waals surface area contributed by atoms with E-state index < -0.39 is 9.84 Å². The Hall–Kier alpha value is -1.97. The molecule has 0 unspecified atom stereocenters. The second kappa shape index (κ2) is 9.72. The van der Waals surface area contributed by atoms with Gasteiger partial charge >= 0.3 is 0 Å². The number of sulfone groups is 1. The third kappa shape index (κ3) is 5.25.